The van der Waals surface area contributed by atoms with Gasteiger partial charge in [0.25, 0.3) is 0 Å². The summed E-state index contributed by atoms with van der Waals surface area (Å²) in [5.74, 6) is 0.152. The van der Waals surface area contributed by atoms with Gasteiger partial charge in [-0.3, -0.25) is 9.78 Å². The van der Waals surface area contributed by atoms with Crippen LogP contribution in [0, 0.1) is 0 Å². The van der Waals surface area contributed by atoms with Crippen molar-refractivity contribution in [2.75, 3.05) is 5.75 Å². The Morgan fingerprint density at radius 1 is 1.57 bits per heavy atom. The molecule has 0 bridgehead atoms. The highest BCUT2D eigenvalue weighted by molar-refractivity contribution is 7.80. The van der Waals surface area contributed by atoms with Crippen molar-refractivity contribution in [1.82, 2.24) is 9.97 Å². The Morgan fingerprint density at radius 3 is 2.79 bits per heavy atom. The summed E-state index contributed by atoms with van der Waals surface area (Å²) in [6.07, 6.45) is 3.39. The predicted molar refractivity (Wildman–Crippen MR) is 55.6 cm³/mol. The van der Waals surface area contributed by atoms with Crippen molar-refractivity contribution in [2.24, 2.45) is 5.73 Å². The number of fused-ring (bicyclic) bond motifs is 1. The fourth-order valence-corrected chi connectivity index (χ4v) is 1.48. The SMILES string of the molecule is N[C@@H](CS)C(=O)c1cnc2c(n1)CC2. The molecule has 0 spiro atoms. The molecular formula is C9H11N3OS. The van der Waals surface area contributed by atoms with Crippen molar-refractivity contribution in [3.05, 3.63) is 23.3 Å². The third-order valence-corrected chi connectivity index (χ3v) is 2.71. The maximum absolute atomic E-state index is 11.6. The van der Waals surface area contributed by atoms with Gasteiger partial charge in [-0.25, -0.2) is 4.98 Å². The lowest BCUT2D eigenvalue weighted by molar-refractivity contribution is 0.0964. The molecule has 0 radical (unpaired) electrons. The monoisotopic (exact) mass is 209 g/mol. The Hall–Kier alpha value is -0.940. The van der Waals surface area contributed by atoms with E-state index in [0.717, 1.165) is 24.2 Å². The Bertz CT molecular complexity index is 380. The molecule has 0 saturated heterocycles. The zero-order chi connectivity index (χ0) is 10.1. The largest absolute Gasteiger partial charge is 0.320 e. The summed E-state index contributed by atoms with van der Waals surface area (Å²) in [6.45, 7) is 0. The fourth-order valence-electron chi connectivity index (χ4n) is 1.31. The van der Waals surface area contributed by atoms with Crippen LogP contribution in [0.15, 0.2) is 6.20 Å². The lowest BCUT2D eigenvalue weighted by Gasteiger charge is -2.16. The first-order chi connectivity index (χ1) is 6.72. The van der Waals surface area contributed by atoms with E-state index in [1.165, 1.54) is 6.20 Å². The average molecular weight is 209 g/mol. The second-order valence-electron chi connectivity index (χ2n) is 3.30. The number of nitrogens with two attached hydrogens (primary N) is 1. The average Bonchev–Trinajstić information content (AvgIpc) is 2.18. The van der Waals surface area contributed by atoms with Crippen LogP contribution in [0.5, 0.6) is 0 Å². The topological polar surface area (TPSA) is 68.9 Å². The summed E-state index contributed by atoms with van der Waals surface area (Å²) >= 11 is 3.97. The zero-order valence-electron chi connectivity index (χ0n) is 7.60. The van der Waals surface area contributed by atoms with Gasteiger partial charge in [0.1, 0.15) is 5.69 Å². The number of thiol groups is 1. The van der Waals surface area contributed by atoms with Gasteiger partial charge in [0.15, 0.2) is 5.78 Å². The lowest BCUT2D eigenvalue weighted by atomic mass is 9.99. The first kappa shape index (κ1) is 9.61. The molecule has 0 amide bonds. The number of aromatic nitrogens is 2. The molecule has 0 aliphatic heterocycles. The number of hydrogen-bond donors (Lipinski definition) is 2. The summed E-state index contributed by atoms with van der Waals surface area (Å²) in [7, 11) is 0. The quantitative estimate of drug-likeness (QED) is 0.544. The molecule has 74 valence electrons. The van der Waals surface area contributed by atoms with Crippen LogP contribution < -0.4 is 5.73 Å². The van der Waals surface area contributed by atoms with Crippen molar-refractivity contribution < 1.29 is 4.79 Å². The molecule has 5 heteroatoms. The number of nitrogens with zero attached hydrogens (tertiary/aromatic N) is 2. The Balaban J connectivity index is 2.24. The molecule has 2 rings (SSSR count). The molecule has 1 heterocycles. The molecule has 1 atom stereocenters. The van der Waals surface area contributed by atoms with Crippen LogP contribution in [-0.4, -0.2) is 27.5 Å². The molecule has 0 aromatic carbocycles. The fraction of sp³-hybridized carbons (Fsp3) is 0.444. The summed E-state index contributed by atoms with van der Waals surface area (Å²) in [5, 5.41) is 0. The zero-order valence-corrected chi connectivity index (χ0v) is 8.50. The number of hydrogen-bond acceptors (Lipinski definition) is 5. The summed E-state index contributed by atoms with van der Waals surface area (Å²) in [5.41, 5.74) is 7.86. The molecule has 1 aromatic heterocycles. The molecule has 14 heavy (non-hydrogen) atoms. The molecule has 1 aliphatic carbocycles. The van der Waals surface area contributed by atoms with Crippen molar-refractivity contribution in [3.63, 3.8) is 0 Å². The number of aryl methyl sites for hydroxylation is 2. The van der Waals surface area contributed by atoms with Crippen LogP contribution in [0.1, 0.15) is 21.9 Å². The number of ketones is 1. The molecule has 0 saturated carbocycles. The highest BCUT2D eigenvalue weighted by Crippen LogP contribution is 2.17. The van der Waals surface area contributed by atoms with Crippen molar-refractivity contribution >= 4 is 18.4 Å². The third kappa shape index (κ3) is 1.53. The first-order valence-corrected chi connectivity index (χ1v) is 5.11. The molecule has 2 N–H and O–H groups in total. The van der Waals surface area contributed by atoms with Gasteiger partial charge >= 0.3 is 0 Å². The van der Waals surface area contributed by atoms with Gasteiger partial charge in [0.2, 0.25) is 0 Å². The third-order valence-electron chi connectivity index (χ3n) is 2.32. The van der Waals surface area contributed by atoms with Crippen LogP contribution in [0.2, 0.25) is 0 Å². The van der Waals surface area contributed by atoms with Crippen LogP contribution in [-0.2, 0) is 12.8 Å². The molecule has 1 aromatic rings. The van der Waals surface area contributed by atoms with Crippen LogP contribution >= 0.6 is 12.6 Å². The van der Waals surface area contributed by atoms with E-state index in [9.17, 15) is 4.79 Å². The Morgan fingerprint density at radius 2 is 2.29 bits per heavy atom. The summed E-state index contributed by atoms with van der Waals surface area (Å²) < 4.78 is 0. The highest BCUT2D eigenvalue weighted by Gasteiger charge is 2.21. The van der Waals surface area contributed by atoms with Gasteiger partial charge in [-0.15, -0.1) is 0 Å². The van der Waals surface area contributed by atoms with Gasteiger partial charge in [0.05, 0.1) is 23.6 Å². The first-order valence-electron chi connectivity index (χ1n) is 4.48. The van der Waals surface area contributed by atoms with E-state index >= 15 is 0 Å². The molecule has 0 unspecified atom stereocenters. The predicted octanol–water partition coefficient (Wildman–Crippen LogP) is 0.0150. The maximum atomic E-state index is 11.6. The minimum Gasteiger partial charge on any atom is -0.320 e. The number of carbonyl (C=O) groups is 1. The number of rotatable bonds is 3. The van der Waals surface area contributed by atoms with E-state index in [1.54, 1.807) is 0 Å². The standard InChI is InChI=1S/C9H11N3OS/c10-5(4-14)9(13)8-3-11-6-1-2-7(6)12-8/h3,5,14H,1-2,4,10H2/t5-/m0/s1. The minimum absolute atomic E-state index is 0.179. The van der Waals surface area contributed by atoms with Crippen LogP contribution in [0.4, 0.5) is 0 Å². The maximum Gasteiger partial charge on any atom is 0.200 e. The minimum atomic E-state index is -0.578. The van der Waals surface area contributed by atoms with E-state index in [2.05, 4.69) is 22.6 Å². The number of carbonyl (C=O) groups excluding carboxylic acids is 1. The highest BCUT2D eigenvalue weighted by atomic mass is 32.1. The van der Waals surface area contributed by atoms with Crippen molar-refractivity contribution in [3.8, 4) is 0 Å². The van der Waals surface area contributed by atoms with Crippen molar-refractivity contribution in [1.29, 1.82) is 0 Å². The second-order valence-corrected chi connectivity index (χ2v) is 3.67. The van der Waals surface area contributed by atoms with E-state index in [4.69, 9.17) is 5.73 Å². The van der Waals surface area contributed by atoms with Crippen LogP contribution in [0.25, 0.3) is 0 Å². The van der Waals surface area contributed by atoms with Gasteiger partial charge < -0.3 is 5.73 Å². The van der Waals surface area contributed by atoms with Gasteiger partial charge in [-0.2, -0.15) is 12.6 Å². The molecule has 4 nitrogen and oxygen atoms in total. The van der Waals surface area contributed by atoms with Gasteiger partial charge in [-0.1, -0.05) is 0 Å². The van der Waals surface area contributed by atoms with E-state index in [0.29, 0.717) is 11.4 Å². The van der Waals surface area contributed by atoms with E-state index < -0.39 is 6.04 Å². The molecule has 1 aliphatic rings. The number of Topliss-reactive ketones (excluding diaryl/α,β-unsaturated/α-hetero) is 1. The summed E-state index contributed by atoms with van der Waals surface area (Å²) in [4.78, 5) is 19.9. The van der Waals surface area contributed by atoms with Gasteiger partial charge in [0, 0.05) is 5.75 Å². The second kappa shape index (κ2) is 3.67. The molecule has 0 fully saturated rings. The summed E-state index contributed by atoms with van der Waals surface area (Å²) in [6, 6.07) is -0.578. The van der Waals surface area contributed by atoms with Crippen molar-refractivity contribution in [2.45, 2.75) is 18.9 Å². The van der Waals surface area contributed by atoms with E-state index in [-0.39, 0.29) is 5.78 Å². The normalized spacial score (nSPS) is 15.6. The lowest BCUT2D eigenvalue weighted by Crippen LogP contribution is -2.33. The van der Waals surface area contributed by atoms with Gasteiger partial charge in [-0.05, 0) is 12.8 Å². The van der Waals surface area contributed by atoms with E-state index in [1.807, 2.05) is 0 Å². The van der Waals surface area contributed by atoms with Crippen LogP contribution in [0.3, 0.4) is 0 Å². The Kier molecular flexibility index (Phi) is 2.52. The smallest absolute Gasteiger partial charge is 0.200 e. The molecular weight excluding hydrogens is 198 g/mol. The Labute approximate surface area is 87.3 Å².